The summed E-state index contributed by atoms with van der Waals surface area (Å²) in [6.45, 7) is 6.06. The molecule has 5 nitrogen and oxygen atoms in total. The third-order valence-electron chi connectivity index (χ3n) is 5.77. The summed E-state index contributed by atoms with van der Waals surface area (Å²) in [5.74, 6) is 0.108. The molecule has 3 rings (SSSR count). The van der Waals surface area contributed by atoms with Crippen molar-refractivity contribution >= 4 is 0 Å². The van der Waals surface area contributed by atoms with Crippen molar-refractivity contribution in [3.63, 3.8) is 0 Å². The summed E-state index contributed by atoms with van der Waals surface area (Å²) >= 11 is 0. The van der Waals surface area contributed by atoms with E-state index in [1.165, 1.54) is 5.57 Å². The van der Waals surface area contributed by atoms with Gasteiger partial charge in [0.25, 0.3) is 0 Å². The minimum absolute atomic E-state index is 0.108. The number of likely N-dealkylation sites (N-methyl/N-ethyl adjacent to an activating group) is 1. The lowest BCUT2D eigenvalue weighted by Crippen LogP contribution is -2.54. The molecular formula is C18H31NO4. The summed E-state index contributed by atoms with van der Waals surface area (Å²) in [7, 11) is 5.84. The Morgan fingerprint density at radius 2 is 2.13 bits per heavy atom. The van der Waals surface area contributed by atoms with Crippen LogP contribution >= 0.6 is 0 Å². The first-order chi connectivity index (χ1) is 10.8. The lowest BCUT2D eigenvalue weighted by Gasteiger charge is -2.41. The normalized spacial score (nSPS) is 46.5. The third-order valence-corrected chi connectivity index (χ3v) is 5.77. The Morgan fingerprint density at radius 3 is 2.70 bits per heavy atom. The fourth-order valence-electron chi connectivity index (χ4n) is 4.49. The lowest BCUT2D eigenvalue weighted by atomic mass is 9.68. The highest BCUT2D eigenvalue weighted by molar-refractivity contribution is 5.20. The van der Waals surface area contributed by atoms with Gasteiger partial charge in [-0.2, -0.15) is 0 Å². The van der Waals surface area contributed by atoms with E-state index >= 15 is 0 Å². The SMILES string of the molecule is COC1C(O)CCC2(CO2)C1C1(C)OC1CC=C(C)CN(C)C. The van der Waals surface area contributed by atoms with E-state index < -0.39 is 6.10 Å². The van der Waals surface area contributed by atoms with Crippen LogP contribution in [0.4, 0.5) is 0 Å². The van der Waals surface area contributed by atoms with Gasteiger partial charge in [0.1, 0.15) is 5.60 Å². The fourth-order valence-corrected chi connectivity index (χ4v) is 4.49. The number of rotatable bonds is 6. The second-order valence-corrected chi connectivity index (χ2v) is 7.95. The molecule has 1 aliphatic carbocycles. The van der Waals surface area contributed by atoms with Gasteiger partial charge in [-0.3, -0.25) is 0 Å². The molecule has 6 unspecified atom stereocenters. The van der Waals surface area contributed by atoms with E-state index in [-0.39, 0.29) is 29.3 Å². The average molecular weight is 325 g/mol. The second-order valence-electron chi connectivity index (χ2n) is 7.95. The minimum atomic E-state index is -0.424. The Balaban J connectivity index is 1.68. The van der Waals surface area contributed by atoms with Gasteiger partial charge in [-0.25, -0.2) is 0 Å². The van der Waals surface area contributed by atoms with Crippen LogP contribution in [0.15, 0.2) is 11.6 Å². The summed E-state index contributed by atoms with van der Waals surface area (Å²) in [4.78, 5) is 2.17. The molecular weight excluding hydrogens is 294 g/mol. The first-order valence-corrected chi connectivity index (χ1v) is 8.65. The largest absolute Gasteiger partial charge is 0.390 e. The Morgan fingerprint density at radius 1 is 1.43 bits per heavy atom. The van der Waals surface area contributed by atoms with E-state index in [2.05, 4.69) is 38.9 Å². The molecule has 0 radical (unpaired) electrons. The Kier molecular flexibility index (Phi) is 4.62. The lowest BCUT2D eigenvalue weighted by molar-refractivity contribution is -0.116. The molecule has 3 fully saturated rings. The molecule has 0 aromatic heterocycles. The van der Waals surface area contributed by atoms with Gasteiger partial charge in [0, 0.05) is 13.7 Å². The molecule has 2 heterocycles. The van der Waals surface area contributed by atoms with E-state index in [0.29, 0.717) is 0 Å². The van der Waals surface area contributed by atoms with Crippen molar-refractivity contribution in [2.24, 2.45) is 5.92 Å². The highest BCUT2D eigenvalue weighted by atomic mass is 16.6. The number of aliphatic hydroxyl groups is 1. The highest BCUT2D eigenvalue weighted by Crippen LogP contribution is 2.59. The number of epoxide rings is 2. The molecule has 23 heavy (non-hydrogen) atoms. The number of nitrogens with zero attached hydrogens (tertiary/aromatic N) is 1. The predicted molar refractivity (Wildman–Crippen MR) is 88.4 cm³/mol. The van der Waals surface area contributed by atoms with Crippen LogP contribution in [0, 0.1) is 5.92 Å². The maximum absolute atomic E-state index is 10.3. The molecule has 6 atom stereocenters. The molecule has 2 saturated heterocycles. The van der Waals surface area contributed by atoms with Crippen molar-refractivity contribution in [1.82, 2.24) is 4.90 Å². The standard InChI is InChI=1S/C18H31NO4/c1-12(10-19(3)4)6-7-14-17(2,23-14)16-15(21-5)13(20)8-9-18(16)11-22-18/h6,13-16,20H,7-11H2,1-5H3. The van der Waals surface area contributed by atoms with Gasteiger partial charge in [-0.15, -0.1) is 0 Å². The van der Waals surface area contributed by atoms with Crippen LogP contribution in [0.3, 0.4) is 0 Å². The van der Waals surface area contributed by atoms with Crippen LogP contribution in [0.5, 0.6) is 0 Å². The predicted octanol–water partition coefficient (Wildman–Crippen LogP) is 1.60. The summed E-state index contributed by atoms with van der Waals surface area (Å²) in [5.41, 5.74) is 0.969. The third kappa shape index (κ3) is 3.22. The Labute approximate surface area is 139 Å². The van der Waals surface area contributed by atoms with Crippen LogP contribution in [0.1, 0.15) is 33.1 Å². The van der Waals surface area contributed by atoms with Crippen molar-refractivity contribution in [2.75, 3.05) is 34.4 Å². The molecule has 3 aliphatic rings. The van der Waals surface area contributed by atoms with Crippen molar-refractivity contribution < 1.29 is 19.3 Å². The number of methoxy groups -OCH3 is 1. The average Bonchev–Trinajstić information content (AvgIpc) is 3.37. The maximum atomic E-state index is 10.3. The van der Waals surface area contributed by atoms with Gasteiger partial charge < -0.3 is 24.2 Å². The van der Waals surface area contributed by atoms with Crippen LogP contribution in [-0.2, 0) is 14.2 Å². The molecule has 0 aromatic carbocycles. The molecule has 1 spiro atoms. The van der Waals surface area contributed by atoms with Crippen LogP contribution in [0.25, 0.3) is 0 Å². The van der Waals surface area contributed by atoms with Crippen molar-refractivity contribution in [2.45, 2.75) is 62.6 Å². The van der Waals surface area contributed by atoms with E-state index in [9.17, 15) is 5.11 Å². The summed E-state index contributed by atoms with van der Waals surface area (Å²) in [6, 6.07) is 0. The van der Waals surface area contributed by atoms with Gasteiger partial charge in [0.2, 0.25) is 0 Å². The summed E-state index contributed by atoms with van der Waals surface area (Å²) < 4.78 is 17.6. The smallest absolute Gasteiger partial charge is 0.101 e. The van der Waals surface area contributed by atoms with Crippen LogP contribution in [0.2, 0.25) is 0 Å². The van der Waals surface area contributed by atoms with Gasteiger partial charge in [0.15, 0.2) is 0 Å². The van der Waals surface area contributed by atoms with E-state index in [0.717, 1.165) is 32.4 Å². The Bertz CT molecular complexity index is 474. The molecule has 2 aliphatic heterocycles. The number of ether oxygens (including phenoxy) is 3. The second kappa shape index (κ2) is 6.12. The molecule has 0 bridgehead atoms. The van der Waals surface area contributed by atoms with Gasteiger partial charge >= 0.3 is 0 Å². The number of hydrogen-bond donors (Lipinski definition) is 1. The molecule has 1 saturated carbocycles. The minimum Gasteiger partial charge on any atom is -0.390 e. The van der Waals surface area contributed by atoms with Gasteiger partial charge in [-0.05, 0) is 47.2 Å². The van der Waals surface area contributed by atoms with Crippen molar-refractivity contribution in [3.05, 3.63) is 11.6 Å². The van der Waals surface area contributed by atoms with Crippen LogP contribution in [-0.4, -0.2) is 73.9 Å². The molecule has 5 heteroatoms. The summed E-state index contributed by atoms with van der Waals surface area (Å²) in [6.07, 6.45) is 4.40. The summed E-state index contributed by atoms with van der Waals surface area (Å²) in [5, 5.41) is 10.3. The van der Waals surface area contributed by atoms with Crippen molar-refractivity contribution in [1.29, 1.82) is 0 Å². The molecule has 1 N–H and O–H groups in total. The zero-order valence-corrected chi connectivity index (χ0v) is 15.0. The number of aliphatic hydroxyl groups excluding tert-OH is 1. The first kappa shape index (κ1) is 17.4. The topological polar surface area (TPSA) is 57.8 Å². The fraction of sp³-hybridized carbons (Fsp3) is 0.889. The first-order valence-electron chi connectivity index (χ1n) is 8.65. The quantitative estimate of drug-likeness (QED) is 0.594. The van der Waals surface area contributed by atoms with Gasteiger partial charge in [0.05, 0.1) is 36.4 Å². The Hall–Kier alpha value is -0.460. The maximum Gasteiger partial charge on any atom is 0.101 e. The van der Waals surface area contributed by atoms with Crippen molar-refractivity contribution in [3.8, 4) is 0 Å². The number of hydrogen-bond acceptors (Lipinski definition) is 5. The van der Waals surface area contributed by atoms with Crippen LogP contribution < -0.4 is 0 Å². The monoisotopic (exact) mass is 325 g/mol. The van der Waals surface area contributed by atoms with Gasteiger partial charge in [-0.1, -0.05) is 11.6 Å². The van der Waals surface area contributed by atoms with E-state index in [1.807, 2.05) is 0 Å². The van der Waals surface area contributed by atoms with E-state index in [1.54, 1.807) is 7.11 Å². The molecule has 132 valence electrons. The molecule has 0 amide bonds. The van der Waals surface area contributed by atoms with E-state index in [4.69, 9.17) is 14.2 Å². The zero-order valence-electron chi connectivity index (χ0n) is 15.0. The highest BCUT2D eigenvalue weighted by Gasteiger charge is 2.71. The zero-order chi connectivity index (χ0) is 16.8. The molecule has 0 aromatic rings.